The number of ether oxygens (including phenoxy) is 1. The quantitative estimate of drug-likeness (QED) is 0.411. The summed E-state index contributed by atoms with van der Waals surface area (Å²) in [6, 6.07) is 29.1. The predicted molar refractivity (Wildman–Crippen MR) is 133 cm³/mol. The van der Waals surface area contributed by atoms with Gasteiger partial charge in [0.1, 0.15) is 11.9 Å². The van der Waals surface area contributed by atoms with Crippen LogP contribution in [-0.2, 0) is 6.42 Å². The van der Waals surface area contributed by atoms with Gasteiger partial charge < -0.3 is 4.74 Å². The van der Waals surface area contributed by atoms with Crippen molar-refractivity contribution in [1.82, 2.24) is 4.90 Å². The second kappa shape index (κ2) is 10.4. The van der Waals surface area contributed by atoms with Gasteiger partial charge in [0.2, 0.25) is 0 Å². The van der Waals surface area contributed by atoms with Crippen LogP contribution in [0.15, 0.2) is 72.8 Å². The first-order valence-corrected chi connectivity index (χ1v) is 12.1. The van der Waals surface area contributed by atoms with E-state index in [-0.39, 0.29) is 12.8 Å². The first-order chi connectivity index (χ1) is 16.3. The maximum Gasteiger partial charge on any atom is 0.119 e. The van der Waals surface area contributed by atoms with E-state index in [0.29, 0.717) is 6.42 Å². The molecule has 3 heteroatoms. The third-order valence-corrected chi connectivity index (χ3v) is 6.80. The monoisotopic (exact) mass is 440 g/mol. The van der Waals surface area contributed by atoms with Gasteiger partial charge in [0, 0.05) is 19.6 Å². The van der Waals surface area contributed by atoms with Gasteiger partial charge in [-0.05, 0) is 83.7 Å². The standard InChI is InChI=1S/C30H31FNO/c31-19-7-20-32-21-18-27(22-32)33-26-16-14-25(15-17-26)30-28-12-5-4-10-24(28)11-6-13-29(30)23-8-2-1-3-9-23/h1-3,5,8-10,12,14-17,27H,6-7,11,13,18-22H2/t27-/m0/s1. The number of halogens is 1. The largest absolute Gasteiger partial charge is 0.489 e. The number of benzene rings is 3. The van der Waals surface area contributed by atoms with Gasteiger partial charge in [0.25, 0.3) is 0 Å². The highest BCUT2D eigenvalue weighted by atomic mass is 19.1. The van der Waals surface area contributed by atoms with Gasteiger partial charge in [-0.1, -0.05) is 60.7 Å². The molecule has 0 unspecified atom stereocenters. The highest BCUT2D eigenvalue weighted by Crippen LogP contribution is 2.40. The zero-order valence-electron chi connectivity index (χ0n) is 19.1. The summed E-state index contributed by atoms with van der Waals surface area (Å²) in [5.41, 5.74) is 7.96. The van der Waals surface area contributed by atoms with Gasteiger partial charge in [-0.2, -0.15) is 0 Å². The molecule has 2 nitrogen and oxygen atoms in total. The molecule has 1 aliphatic carbocycles. The van der Waals surface area contributed by atoms with Crippen molar-refractivity contribution in [1.29, 1.82) is 0 Å². The van der Waals surface area contributed by atoms with E-state index in [4.69, 9.17) is 4.74 Å². The lowest BCUT2D eigenvalue weighted by Crippen LogP contribution is -2.26. The third kappa shape index (κ3) is 5.04. The maximum atomic E-state index is 12.5. The van der Waals surface area contributed by atoms with Crippen LogP contribution >= 0.6 is 0 Å². The molecule has 33 heavy (non-hydrogen) atoms. The Kier molecular flexibility index (Phi) is 6.87. The van der Waals surface area contributed by atoms with E-state index in [9.17, 15) is 4.39 Å². The summed E-state index contributed by atoms with van der Waals surface area (Å²) in [5.74, 6) is 0.910. The zero-order valence-corrected chi connectivity index (χ0v) is 19.1. The molecule has 1 heterocycles. The number of fused-ring (bicyclic) bond motifs is 1. The van der Waals surface area contributed by atoms with Crippen molar-refractivity contribution < 1.29 is 9.13 Å². The lowest BCUT2D eigenvalue weighted by atomic mass is 9.88. The minimum atomic E-state index is -0.245. The lowest BCUT2D eigenvalue weighted by Gasteiger charge is -2.18. The molecule has 1 saturated heterocycles. The van der Waals surface area contributed by atoms with E-state index < -0.39 is 0 Å². The van der Waals surface area contributed by atoms with E-state index in [0.717, 1.165) is 51.1 Å². The van der Waals surface area contributed by atoms with E-state index in [1.54, 1.807) is 0 Å². The van der Waals surface area contributed by atoms with Gasteiger partial charge in [0.05, 0.1) is 6.67 Å². The summed E-state index contributed by atoms with van der Waals surface area (Å²) in [4.78, 5) is 2.30. The molecular weight excluding hydrogens is 409 g/mol. The molecule has 1 aliphatic heterocycles. The SMILES string of the molecule is FCCCN1CC[C@H](Oc2ccc(C3=C(c4ccccc4)CCCc4c[c]ccc43)cc2)C1. The third-order valence-electron chi connectivity index (χ3n) is 6.80. The Labute approximate surface area is 196 Å². The number of allylic oxidation sites excluding steroid dienone is 1. The Morgan fingerprint density at radius 1 is 0.970 bits per heavy atom. The smallest absolute Gasteiger partial charge is 0.119 e. The molecule has 0 aromatic heterocycles. The molecule has 2 aliphatic rings. The van der Waals surface area contributed by atoms with Gasteiger partial charge >= 0.3 is 0 Å². The lowest BCUT2D eigenvalue weighted by molar-refractivity contribution is 0.198. The number of alkyl halides is 1. The van der Waals surface area contributed by atoms with Crippen molar-refractivity contribution in [2.45, 2.75) is 38.2 Å². The van der Waals surface area contributed by atoms with Crippen LogP contribution in [0.4, 0.5) is 4.39 Å². The molecule has 1 atom stereocenters. The number of aryl methyl sites for hydroxylation is 1. The molecule has 0 bridgehead atoms. The number of nitrogens with zero attached hydrogens (tertiary/aromatic N) is 1. The summed E-state index contributed by atoms with van der Waals surface area (Å²) in [6.07, 6.45) is 5.07. The first kappa shape index (κ1) is 21.9. The van der Waals surface area contributed by atoms with Crippen LogP contribution in [0.2, 0.25) is 0 Å². The second-order valence-electron chi connectivity index (χ2n) is 9.05. The summed E-state index contributed by atoms with van der Waals surface area (Å²) in [6.45, 7) is 2.45. The van der Waals surface area contributed by atoms with Crippen molar-refractivity contribution in [3.05, 3.63) is 101 Å². The van der Waals surface area contributed by atoms with Crippen molar-refractivity contribution in [2.75, 3.05) is 26.3 Å². The minimum Gasteiger partial charge on any atom is -0.489 e. The molecule has 3 aromatic rings. The fourth-order valence-electron chi connectivity index (χ4n) is 5.19. The Morgan fingerprint density at radius 2 is 1.82 bits per heavy atom. The number of rotatable bonds is 7. The molecule has 0 amide bonds. The number of hydrogen-bond acceptors (Lipinski definition) is 2. The van der Waals surface area contributed by atoms with Gasteiger partial charge in [-0.3, -0.25) is 9.29 Å². The summed E-state index contributed by atoms with van der Waals surface area (Å²) in [5, 5.41) is 0. The molecule has 3 aromatic carbocycles. The van der Waals surface area contributed by atoms with Crippen molar-refractivity contribution in [3.8, 4) is 5.75 Å². The topological polar surface area (TPSA) is 12.5 Å². The second-order valence-corrected chi connectivity index (χ2v) is 9.05. The fraction of sp³-hybridized carbons (Fsp3) is 0.333. The van der Waals surface area contributed by atoms with E-state index in [2.05, 4.69) is 77.7 Å². The van der Waals surface area contributed by atoms with Crippen molar-refractivity contribution in [3.63, 3.8) is 0 Å². The highest BCUT2D eigenvalue weighted by molar-refractivity contribution is 5.99. The number of likely N-dealkylation sites (tertiary alicyclic amines) is 1. The van der Waals surface area contributed by atoms with E-state index >= 15 is 0 Å². The van der Waals surface area contributed by atoms with Crippen LogP contribution in [0.25, 0.3) is 11.1 Å². The molecule has 5 rings (SSSR count). The van der Waals surface area contributed by atoms with Crippen LogP contribution < -0.4 is 4.74 Å². The summed E-state index contributed by atoms with van der Waals surface area (Å²) in [7, 11) is 0. The first-order valence-electron chi connectivity index (χ1n) is 12.1. The fourth-order valence-corrected chi connectivity index (χ4v) is 5.19. The Morgan fingerprint density at radius 3 is 2.64 bits per heavy atom. The molecule has 0 N–H and O–H groups in total. The van der Waals surface area contributed by atoms with Gasteiger partial charge in [-0.15, -0.1) is 0 Å². The van der Waals surface area contributed by atoms with E-state index in [1.165, 1.54) is 33.4 Å². The molecule has 1 fully saturated rings. The Bertz CT molecular complexity index is 1090. The Balaban J connectivity index is 1.43. The summed E-state index contributed by atoms with van der Waals surface area (Å²) < 4.78 is 18.7. The predicted octanol–water partition coefficient (Wildman–Crippen LogP) is 6.59. The molecular formula is C30H31FNO. The van der Waals surface area contributed by atoms with Crippen LogP contribution in [0.5, 0.6) is 5.75 Å². The van der Waals surface area contributed by atoms with E-state index in [1.807, 2.05) is 6.07 Å². The molecule has 0 saturated carbocycles. The van der Waals surface area contributed by atoms with Crippen LogP contribution in [0, 0.1) is 6.07 Å². The maximum absolute atomic E-state index is 12.5. The molecule has 0 spiro atoms. The highest BCUT2D eigenvalue weighted by Gasteiger charge is 2.24. The average molecular weight is 441 g/mol. The van der Waals surface area contributed by atoms with Crippen molar-refractivity contribution in [2.24, 2.45) is 0 Å². The van der Waals surface area contributed by atoms with Crippen LogP contribution in [0.1, 0.15) is 47.9 Å². The van der Waals surface area contributed by atoms with Gasteiger partial charge in [0.15, 0.2) is 0 Å². The zero-order chi connectivity index (χ0) is 22.5. The van der Waals surface area contributed by atoms with Crippen LogP contribution in [0.3, 0.4) is 0 Å². The molecule has 1 radical (unpaired) electrons. The van der Waals surface area contributed by atoms with Gasteiger partial charge in [-0.25, -0.2) is 0 Å². The normalized spacial score (nSPS) is 18.8. The molecule has 169 valence electrons. The number of hydrogen-bond donors (Lipinski definition) is 0. The van der Waals surface area contributed by atoms with Crippen LogP contribution in [-0.4, -0.2) is 37.3 Å². The van der Waals surface area contributed by atoms with Crippen molar-refractivity contribution >= 4 is 11.1 Å². The summed E-state index contributed by atoms with van der Waals surface area (Å²) >= 11 is 0. The average Bonchev–Trinajstić information content (AvgIpc) is 3.21. The minimum absolute atomic E-state index is 0.184. The Hall–Kier alpha value is -2.91.